The van der Waals surface area contributed by atoms with E-state index in [0.717, 1.165) is 0 Å². The van der Waals surface area contributed by atoms with E-state index in [0.29, 0.717) is 11.1 Å². The summed E-state index contributed by atoms with van der Waals surface area (Å²) in [5, 5.41) is 0. The highest BCUT2D eigenvalue weighted by molar-refractivity contribution is 7.83. The second kappa shape index (κ2) is 4.71. The molecular formula is C16H14F2O2S. The molecule has 5 heteroatoms. The monoisotopic (exact) mass is 308 g/mol. The minimum absolute atomic E-state index is 0.355. The lowest BCUT2D eigenvalue weighted by Crippen LogP contribution is -2.63. The fraction of sp³-hybridized carbons (Fsp3) is 0.250. The molecule has 0 aromatic heterocycles. The van der Waals surface area contributed by atoms with E-state index in [2.05, 4.69) is 0 Å². The summed E-state index contributed by atoms with van der Waals surface area (Å²) in [4.78, 5) is 0. The molecule has 1 unspecified atom stereocenters. The summed E-state index contributed by atoms with van der Waals surface area (Å²) in [6.45, 7) is 3.64. The molecule has 0 radical (unpaired) electrons. The van der Waals surface area contributed by atoms with Gasteiger partial charge in [-0.2, -0.15) is 0 Å². The van der Waals surface area contributed by atoms with Crippen molar-refractivity contribution in [2.24, 2.45) is 0 Å². The van der Waals surface area contributed by atoms with E-state index >= 15 is 0 Å². The van der Waals surface area contributed by atoms with Crippen LogP contribution in [0.4, 0.5) is 8.78 Å². The van der Waals surface area contributed by atoms with Crippen molar-refractivity contribution < 1.29 is 17.2 Å². The van der Waals surface area contributed by atoms with Gasteiger partial charge in [0, 0.05) is 0 Å². The molecular weight excluding hydrogens is 294 g/mol. The largest absolute Gasteiger partial charge is 0.272 e. The Morgan fingerprint density at radius 3 is 1.52 bits per heavy atom. The summed E-state index contributed by atoms with van der Waals surface area (Å²) in [5.41, 5.74) is 0.416. The van der Waals surface area contributed by atoms with Crippen LogP contribution in [-0.4, -0.2) is 8.96 Å². The van der Waals surface area contributed by atoms with E-state index < -0.39 is 21.4 Å². The normalized spacial score (nSPS) is 22.6. The summed E-state index contributed by atoms with van der Waals surface area (Å²) < 4.78 is 43.2. The molecule has 0 amide bonds. The maximum atomic E-state index is 13.2. The van der Waals surface area contributed by atoms with Gasteiger partial charge in [-0.25, -0.2) is 13.0 Å². The minimum atomic E-state index is -1.47. The maximum Gasteiger partial charge on any atom is 0.166 e. The predicted octanol–water partition coefficient (Wildman–Crippen LogP) is 3.68. The van der Waals surface area contributed by atoms with Crippen molar-refractivity contribution in [3.05, 3.63) is 71.3 Å². The lowest BCUT2D eigenvalue weighted by Gasteiger charge is -2.53. The first kappa shape index (κ1) is 14.4. The second-order valence-corrected chi connectivity index (χ2v) is 7.18. The smallest absolute Gasteiger partial charge is 0.166 e. The van der Waals surface area contributed by atoms with E-state index in [1.165, 1.54) is 24.3 Å². The number of hydrogen-bond acceptors (Lipinski definition) is 2. The maximum absolute atomic E-state index is 13.2. The van der Waals surface area contributed by atoms with Gasteiger partial charge in [-0.05, 0) is 49.2 Å². The van der Waals surface area contributed by atoms with Gasteiger partial charge in [-0.3, -0.25) is 4.18 Å². The topological polar surface area (TPSA) is 26.3 Å². The van der Waals surface area contributed by atoms with Crippen LogP contribution in [0.5, 0.6) is 0 Å². The van der Waals surface area contributed by atoms with Crippen LogP contribution in [0.2, 0.25) is 0 Å². The lowest BCUT2D eigenvalue weighted by atomic mass is 9.76. The Morgan fingerprint density at radius 2 is 1.24 bits per heavy atom. The highest BCUT2D eigenvalue weighted by Gasteiger charge is 2.63. The van der Waals surface area contributed by atoms with Crippen LogP contribution in [0.1, 0.15) is 25.0 Å². The average Bonchev–Trinajstić information content (AvgIpc) is 2.46. The Hall–Kier alpha value is -1.59. The van der Waals surface area contributed by atoms with Crippen LogP contribution in [0.25, 0.3) is 0 Å². The van der Waals surface area contributed by atoms with E-state index in [1.807, 2.05) is 13.8 Å². The molecule has 110 valence electrons. The Labute approximate surface area is 124 Å². The first-order chi connectivity index (χ1) is 9.88. The van der Waals surface area contributed by atoms with Gasteiger partial charge >= 0.3 is 0 Å². The summed E-state index contributed by atoms with van der Waals surface area (Å²) >= 11 is -1.47. The van der Waals surface area contributed by atoms with Gasteiger partial charge in [-0.1, -0.05) is 24.3 Å². The van der Waals surface area contributed by atoms with Gasteiger partial charge in [0.2, 0.25) is 0 Å². The molecule has 21 heavy (non-hydrogen) atoms. The Bertz CT molecular complexity index is 648. The number of rotatable bonds is 2. The zero-order valence-corrected chi connectivity index (χ0v) is 12.4. The molecule has 0 N–H and O–H groups in total. The van der Waals surface area contributed by atoms with Crippen LogP contribution in [-0.2, 0) is 20.9 Å². The highest BCUT2D eigenvalue weighted by Crippen LogP contribution is 2.54. The molecule has 3 rings (SSSR count). The fourth-order valence-corrected chi connectivity index (χ4v) is 3.96. The molecule has 2 aromatic rings. The SMILES string of the molecule is CC1(C)S(=O)OC1(c1ccc(F)cc1)c1ccc(F)cc1. The van der Waals surface area contributed by atoms with Gasteiger partial charge in [0.1, 0.15) is 16.4 Å². The van der Waals surface area contributed by atoms with Crippen molar-refractivity contribution in [2.75, 3.05) is 0 Å². The molecule has 1 aliphatic heterocycles. The molecule has 1 fully saturated rings. The summed E-state index contributed by atoms with van der Waals surface area (Å²) in [6, 6.07) is 11.8. The first-order valence-electron chi connectivity index (χ1n) is 6.51. The number of hydrogen-bond donors (Lipinski definition) is 0. The van der Waals surface area contributed by atoms with E-state index in [4.69, 9.17) is 4.18 Å². The molecule has 1 heterocycles. The molecule has 0 bridgehead atoms. The predicted molar refractivity (Wildman–Crippen MR) is 76.9 cm³/mol. The Kier molecular flexibility index (Phi) is 3.22. The van der Waals surface area contributed by atoms with Gasteiger partial charge in [0.25, 0.3) is 0 Å². The zero-order chi connectivity index (χ0) is 15.3. The number of halogens is 2. The third kappa shape index (κ3) is 1.95. The zero-order valence-electron chi connectivity index (χ0n) is 11.6. The van der Waals surface area contributed by atoms with Gasteiger partial charge in [0.05, 0.1) is 0 Å². The van der Waals surface area contributed by atoms with Gasteiger partial charge in [-0.15, -0.1) is 0 Å². The molecule has 0 saturated carbocycles. The third-order valence-electron chi connectivity index (χ3n) is 3.97. The van der Waals surface area contributed by atoms with E-state index in [-0.39, 0.29) is 11.6 Å². The summed E-state index contributed by atoms with van der Waals surface area (Å²) in [6.07, 6.45) is 0. The average molecular weight is 308 g/mol. The Morgan fingerprint density at radius 1 is 0.857 bits per heavy atom. The molecule has 0 aliphatic carbocycles. The first-order valence-corrected chi connectivity index (χ1v) is 7.59. The molecule has 2 aromatic carbocycles. The van der Waals surface area contributed by atoms with Crippen molar-refractivity contribution in [1.82, 2.24) is 0 Å². The lowest BCUT2D eigenvalue weighted by molar-refractivity contribution is 0.0293. The van der Waals surface area contributed by atoms with Crippen molar-refractivity contribution in [3.63, 3.8) is 0 Å². The van der Waals surface area contributed by atoms with Crippen molar-refractivity contribution in [1.29, 1.82) is 0 Å². The van der Waals surface area contributed by atoms with Gasteiger partial charge < -0.3 is 0 Å². The van der Waals surface area contributed by atoms with Crippen molar-refractivity contribution in [2.45, 2.75) is 24.2 Å². The summed E-state index contributed by atoms with van der Waals surface area (Å²) in [7, 11) is 0. The molecule has 0 spiro atoms. The molecule has 1 atom stereocenters. The van der Waals surface area contributed by atoms with E-state index in [1.54, 1.807) is 24.3 Å². The van der Waals surface area contributed by atoms with Crippen LogP contribution in [0.3, 0.4) is 0 Å². The molecule has 1 aliphatic rings. The Balaban J connectivity index is 2.20. The molecule has 1 saturated heterocycles. The van der Waals surface area contributed by atoms with Gasteiger partial charge in [0.15, 0.2) is 16.7 Å². The minimum Gasteiger partial charge on any atom is -0.272 e. The quantitative estimate of drug-likeness (QED) is 0.846. The van der Waals surface area contributed by atoms with Crippen molar-refractivity contribution >= 4 is 11.1 Å². The van der Waals surface area contributed by atoms with Crippen LogP contribution in [0, 0.1) is 11.6 Å². The fourth-order valence-electron chi connectivity index (χ4n) is 2.73. The van der Waals surface area contributed by atoms with Crippen LogP contribution < -0.4 is 0 Å². The number of benzene rings is 2. The second-order valence-electron chi connectivity index (χ2n) is 5.52. The summed E-state index contributed by atoms with van der Waals surface area (Å²) in [5.74, 6) is -0.711. The third-order valence-corrected chi connectivity index (χ3v) is 5.49. The standard InChI is InChI=1S/C16H14F2O2S/c1-15(2)16(20-21(15)19,11-3-7-13(17)8-4-11)12-5-9-14(18)10-6-12/h3-10H,1-2H3. The molecule has 2 nitrogen and oxygen atoms in total. The highest BCUT2D eigenvalue weighted by atomic mass is 32.2. The van der Waals surface area contributed by atoms with Crippen LogP contribution in [0.15, 0.2) is 48.5 Å². The van der Waals surface area contributed by atoms with Crippen molar-refractivity contribution in [3.8, 4) is 0 Å². The van der Waals surface area contributed by atoms with Crippen LogP contribution >= 0.6 is 0 Å². The van der Waals surface area contributed by atoms with E-state index in [9.17, 15) is 13.0 Å².